The first-order valence-corrected chi connectivity index (χ1v) is 5.67. The van der Waals surface area contributed by atoms with Crippen molar-refractivity contribution in [2.75, 3.05) is 0 Å². The lowest BCUT2D eigenvalue weighted by Crippen LogP contribution is -2.39. The molecule has 2 aromatic rings. The van der Waals surface area contributed by atoms with Crippen molar-refractivity contribution >= 4 is 0 Å². The molecule has 2 rings (SSSR count). The van der Waals surface area contributed by atoms with Crippen LogP contribution < -0.4 is 11.2 Å². The number of halogens is 1. The molecule has 0 aliphatic heterocycles. The second-order valence-electron chi connectivity index (χ2n) is 3.90. The lowest BCUT2D eigenvalue weighted by Gasteiger charge is -2.08. The quantitative estimate of drug-likeness (QED) is 0.819. The molecule has 5 heteroatoms. The molecular formula is C13H13FN2O2. The van der Waals surface area contributed by atoms with E-state index >= 15 is 0 Å². The zero-order valence-corrected chi connectivity index (χ0v) is 9.97. The molecule has 94 valence electrons. The highest BCUT2D eigenvalue weighted by Crippen LogP contribution is 2.06. The van der Waals surface area contributed by atoms with Gasteiger partial charge in [0.25, 0.3) is 5.56 Å². The summed E-state index contributed by atoms with van der Waals surface area (Å²) in [6, 6.07) is 7.42. The van der Waals surface area contributed by atoms with Gasteiger partial charge >= 0.3 is 5.69 Å². The van der Waals surface area contributed by atoms with E-state index in [0.717, 1.165) is 4.57 Å². The molecule has 0 radical (unpaired) electrons. The topological polar surface area (TPSA) is 44.0 Å². The highest BCUT2D eigenvalue weighted by molar-refractivity contribution is 5.17. The Morgan fingerprint density at radius 2 is 1.89 bits per heavy atom. The molecule has 0 atom stereocenters. The Morgan fingerprint density at radius 1 is 1.17 bits per heavy atom. The standard InChI is InChI=1S/C13H13FN2O2/c1-2-15-8-7-12(17)16(13(15)18)9-10-5-3-4-6-11(10)14/h3-8H,2,9H2,1H3. The predicted octanol–water partition coefficient (Wildman–Crippen LogP) is 1.22. The van der Waals surface area contributed by atoms with Crippen LogP contribution in [0.3, 0.4) is 0 Å². The van der Waals surface area contributed by atoms with E-state index in [1.54, 1.807) is 25.1 Å². The maximum Gasteiger partial charge on any atom is 0.331 e. The second kappa shape index (κ2) is 5.00. The lowest BCUT2D eigenvalue weighted by atomic mass is 10.2. The number of nitrogens with zero attached hydrogens (tertiary/aromatic N) is 2. The van der Waals surface area contributed by atoms with Crippen molar-refractivity contribution in [2.24, 2.45) is 0 Å². The van der Waals surface area contributed by atoms with E-state index < -0.39 is 17.1 Å². The Bertz CT molecular complexity index is 673. The van der Waals surface area contributed by atoms with Gasteiger partial charge in [-0.15, -0.1) is 0 Å². The number of rotatable bonds is 3. The Hall–Kier alpha value is -2.17. The van der Waals surface area contributed by atoms with Gasteiger partial charge in [0.1, 0.15) is 5.82 Å². The number of hydrogen-bond acceptors (Lipinski definition) is 2. The molecule has 18 heavy (non-hydrogen) atoms. The smallest absolute Gasteiger partial charge is 0.301 e. The third kappa shape index (κ3) is 2.25. The largest absolute Gasteiger partial charge is 0.331 e. The molecule has 0 spiro atoms. The molecule has 0 aliphatic rings. The molecular weight excluding hydrogens is 235 g/mol. The summed E-state index contributed by atoms with van der Waals surface area (Å²) in [5.41, 5.74) is -0.522. The van der Waals surface area contributed by atoms with Crippen LogP contribution in [0.4, 0.5) is 4.39 Å². The monoisotopic (exact) mass is 248 g/mol. The van der Waals surface area contributed by atoms with Crippen LogP contribution in [-0.4, -0.2) is 9.13 Å². The fourth-order valence-corrected chi connectivity index (χ4v) is 1.74. The molecule has 0 N–H and O–H groups in total. The Labute approximate surface area is 103 Å². The first-order valence-electron chi connectivity index (χ1n) is 5.67. The third-order valence-corrected chi connectivity index (χ3v) is 2.77. The van der Waals surface area contributed by atoms with E-state index in [1.807, 2.05) is 0 Å². The summed E-state index contributed by atoms with van der Waals surface area (Å²) in [4.78, 5) is 23.6. The van der Waals surface area contributed by atoms with Gasteiger partial charge in [-0.2, -0.15) is 0 Å². The van der Waals surface area contributed by atoms with Crippen molar-refractivity contribution in [1.82, 2.24) is 9.13 Å². The van der Waals surface area contributed by atoms with Crippen molar-refractivity contribution in [3.63, 3.8) is 0 Å². The molecule has 0 saturated carbocycles. The Morgan fingerprint density at radius 3 is 2.56 bits per heavy atom. The normalized spacial score (nSPS) is 10.6. The molecule has 1 aromatic heterocycles. The molecule has 1 heterocycles. The molecule has 1 aromatic carbocycles. The van der Waals surface area contributed by atoms with Gasteiger partial charge in [0.05, 0.1) is 6.54 Å². The van der Waals surface area contributed by atoms with Crippen LogP contribution in [-0.2, 0) is 13.1 Å². The van der Waals surface area contributed by atoms with E-state index in [4.69, 9.17) is 0 Å². The molecule has 4 nitrogen and oxygen atoms in total. The van der Waals surface area contributed by atoms with Crippen LogP contribution in [0.25, 0.3) is 0 Å². The van der Waals surface area contributed by atoms with Gasteiger partial charge in [-0.05, 0) is 13.0 Å². The van der Waals surface area contributed by atoms with Gasteiger partial charge in [-0.3, -0.25) is 9.36 Å². The first-order chi connectivity index (χ1) is 8.63. The fourth-order valence-electron chi connectivity index (χ4n) is 1.74. The van der Waals surface area contributed by atoms with Crippen LogP contribution in [0, 0.1) is 5.82 Å². The van der Waals surface area contributed by atoms with Gasteiger partial charge in [-0.25, -0.2) is 9.18 Å². The van der Waals surface area contributed by atoms with Gasteiger partial charge < -0.3 is 4.57 Å². The van der Waals surface area contributed by atoms with Crippen LogP contribution in [0.2, 0.25) is 0 Å². The second-order valence-corrected chi connectivity index (χ2v) is 3.90. The Kier molecular flexibility index (Phi) is 3.41. The van der Waals surface area contributed by atoms with E-state index in [0.29, 0.717) is 12.1 Å². The van der Waals surface area contributed by atoms with Crippen molar-refractivity contribution in [2.45, 2.75) is 20.0 Å². The summed E-state index contributed by atoms with van der Waals surface area (Å²) >= 11 is 0. The summed E-state index contributed by atoms with van der Waals surface area (Å²) in [6.45, 7) is 2.22. The molecule has 0 saturated heterocycles. The Balaban J connectivity index is 2.50. The molecule has 0 unspecified atom stereocenters. The predicted molar refractivity (Wildman–Crippen MR) is 66.1 cm³/mol. The van der Waals surface area contributed by atoms with Crippen molar-refractivity contribution in [3.05, 3.63) is 68.7 Å². The minimum absolute atomic E-state index is 0.0504. The fraction of sp³-hybridized carbons (Fsp3) is 0.231. The summed E-state index contributed by atoms with van der Waals surface area (Å²) < 4.78 is 15.9. The molecule has 0 aliphatic carbocycles. The average Bonchev–Trinajstić information content (AvgIpc) is 2.37. The number of aromatic nitrogens is 2. The summed E-state index contributed by atoms with van der Waals surface area (Å²) in [7, 11) is 0. The van der Waals surface area contributed by atoms with Gasteiger partial charge in [-0.1, -0.05) is 18.2 Å². The van der Waals surface area contributed by atoms with Gasteiger partial charge in [0.15, 0.2) is 0 Å². The zero-order valence-electron chi connectivity index (χ0n) is 9.97. The van der Waals surface area contributed by atoms with Crippen LogP contribution >= 0.6 is 0 Å². The maximum absolute atomic E-state index is 13.5. The van der Waals surface area contributed by atoms with E-state index in [9.17, 15) is 14.0 Å². The first kappa shape index (κ1) is 12.3. The van der Waals surface area contributed by atoms with Crippen LogP contribution in [0.5, 0.6) is 0 Å². The highest BCUT2D eigenvalue weighted by atomic mass is 19.1. The van der Waals surface area contributed by atoms with Crippen molar-refractivity contribution < 1.29 is 4.39 Å². The lowest BCUT2D eigenvalue weighted by molar-refractivity contribution is 0.566. The zero-order chi connectivity index (χ0) is 13.1. The number of hydrogen-bond donors (Lipinski definition) is 0. The summed E-state index contributed by atoms with van der Waals surface area (Å²) in [6.07, 6.45) is 1.45. The van der Waals surface area contributed by atoms with Crippen molar-refractivity contribution in [1.29, 1.82) is 0 Å². The van der Waals surface area contributed by atoms with E-state index in [2.05, 4.69) is 0 Å². The average molecular weight is 248 g/mol. The number of benzene rings is 1. The minimum atomic E-state index is -0.423. The number of aryl methyl sites for hydroxylation is 1. The van der Waals surface area contributed by atoms with Crippen LogP contribution in [0.15, 0.2) is 46.1 Å². The highest BCUT2D eigenvalue weighted by Gasteiger charge is 2.07. The maximum atomic E-state index is 13.5. The van der Waals surface area contributed by atoms with Crippen molar-refractivity contribution in [3.8, 4) is 0 Å². The van der Waals surface area contributed by atoms with Gasteiger partial charge in [0.2, 0.25) is 0 Å². The van der Waals surface area contributed by atoms with Crippen LogP contribution in [0.1, 0.15) is 12.5 Å². The minimum Gasteiger partial charge on any atom is -0.301 e. The van der Waals surface area contributed by atoms with Gasteiger partial charge in [0, 0.05) is 24.4 Å². The SMILES string of the molecule is CCn1ccc(=O)n(Cc2ccccc2F)c1=O. The summed E-state index contributed by atoms with van der Waals surface area (Å²) in [5, 5.41) is 0. The van der Waals surface area contributed by atoms with E-state index in [-0.39, 0.29) is 6.54 Å². The third-order valence-electron chi connectivity index (χ3n) is 2.77. The van der Waals surface area contributed by atoms with E-state index in [1.165, 1.54) is 22.9 Å². The summed E-state index contributed by atoms with van der Waals surface area (Å²) in [5.74, 6) is -0.421. The molecule has 0 fully saturated rings. The molecule has 0 amide bonds. The molecule has 0 bridgehead atoms.